The maximum Gasteiger partial charge on any atom is 0.414 e. The molecule has 2 saturated heterocycles. The molecule has 1 aromatic rings. The van der Waals surface area contributed by atoms with E-state index < -0.39 is 12.2 Å². The summed E-state index contributed by atoms with van der Waals surface area (Å²) in [6.45, 7) is 10.9. The van der Waals surface area contributed by atoms with Gasteiger partial charge in [-0.15, -0.1) is 0 Å². The molecule has 3 heterocycles. The van der Waals surface area contributed by atoms with Crippen LogP contribution in [0.4, 0.5) is 21.0 Å². The zero-order chi connectivity index (χ0) is 22.8. The number of carbonyl (C=O) groups excluding carboxylic acids is 2. The lowest BCUT2D eigenvalue weighted by atomic mass is 9.97. The molecule has 3 aliphatic rings. The number of nitrogens with one attached hydrogen (secondary N) is 2. The first-order chi connectivity index (χ1) is 15.4. The number of nitrogens with zero attached hydrogens (tertiary/aromatic N) is 3. The SMILES string of the molecule is COC(=O)N1c2ccc(C3CNN(C[C@@H]4CCNC4)C3)cc2N(C(=O)OC(C)C)C[C@@H]1C. The maximum absolute atomic E-state index is 12.9. The third-order valence-electron chi connectivity index (χ3n) is 6.48. The highest BCUT2D eigenvalue weighted by Crippen LogP contribution is 2.39. The van der Waals surface area contributed by atoms with Crippen molar-refractivity contribution in [3.05, 3.63) is 23.8 Å². The second kappa shape index (κ2) is 9.64. The summed E-state index contributed by atoms with van der Waals surface area (Å²) in [5.41, 5.74) is 6.03. The fourth-order valence-corrected chi connectivity index (χ4v) is 4.89. The molecule has 2 amide bonds. The van der Waals surface area contributed by atoms with Crippen molar-refractivity contribution in [2.24, 2.45) is 5.92 Å². The molecular formula is C23H35N5O4. The predicted molar refractivity (Wildman–Crippen MR) is 123 cm³/mol. The summed E-state index contributed by atoms with van der Waals surface area (Å²) in [5.74, 6) is 0.990. The number of rotatable bonds is 4. The fraction of sp³-hybridized carbons (Fsp3) is 0.652. The first-order valence-electron chi connectivity index (χ1n) is 11.6. The van der Waals surface area contributed by atoms with Gasteiger partial charge >= 0.3 is 12.2 Å². The third kappa shape index (κ3) is 4.69. The second-order valence-corrected chi connectivity index (χ2v) is 9.30. The smallest absolute Gasteiger partial charge is 0.414 e. The minimum Gasteiger partial charge on any atom is -0.452 e. The van der Waals surface area contributed by atoms with E-state index in [-0.39, 0.29) is 12.1 Å². The van der Waals surface area contributed by atoms with Crippen LogP contribution in [-0.4, -0.2) is 75.7 Å². The number of hydrogen-bond donors (Lipinski definition) is 2. The third-order valence-corrected chi connectivity index (χ3v) is 6.48. The molecule has 0 radical (unpaired) electrons. The van der Waals surface area contributed by atoms with Crippen molar-refractivity contribution in [2.45, 2.75) is 45.3 Å². The second-order valence-electron chi connectivity index (χ2n) is 9.30. The number of methoxy groups -OCH3 is 1. The largest absolute Gasteiger partial charge is 0.452 e. The van der Waals surface area contributed by atoms with Crippen molar-refractivity contribution in [1.82, 2.24) is 15.8 Å². The number of hydrogen-bond acceptors (Lipinski definition) is 7. The number of benzene rings is 1. The Morgan fingerprint density at radius 1 is 1.16 bits per heavy atom. The Balaban J connectivity index is 1.58. The number of hydrazine groups is 1. The van der Waals surface area contributed by atoms with Crippen LogP contribution in [-0.2, 0) is 9.47 Å². The molecule has 1 unspecified atom stereocenters. The zero-order valence-corrected chi connectivity index (χ0v) is 19.5. The molecule has 32 heavy (non-hydrogen) atoms. The van der Waals surface area contributed by atoms with Crippen LogP contribution in [0.2, 0.25) is 0 Å². The zero-order valence-electron chi connectivity index (χ0n) is 19.5. The van der Waals surface area contributed by atoms with Crippen LogP contribution in [0, 0.1) is 5.92 Å². The summed E-state index contributed by atoms with van der Waals surface area (Å²) in [6.07, 6.45) is 0.175. The topological polar surface area (TPSA) is 86.4 Å². The van der Waals surface area contributed by atoms with Gasteiger partial charge in [-0.2, -0.15) is 0 Å². The highest BCUT2D eigenvalue weighted by atomic mass is 16.6. The first kappa shape index (κ1) is 22.8. The standard InChI is InChI=1S/C23H35N5O4/c1-15(2)32-22(29)27-12-16(3)28(23(30)31-4)20-6-5-18(9-21(20)27)19-11-25-26(14-19)13-17-7-8-24-10-17/h5-6,9,15-17,19,24-25H,7-8,10-14H2,1-4H3/t16-,17+,19?/m0/s1. The molecule has 0 bridgehead atoms. The molecule has 3 aliphatic heterocycles. The quantitative estimate of drug-likeness (QED) is 0.737. The Kier molecular flexibility index (Phi) is 6.88. The van der Waals surface area contributed by atoms with Crippen LogP contribution < -0.4 is 20.5 Å². The van der Waals surface area contributed by atoms with Crippen molar-refractivity contribution >= 4 is 23.6 Å². The summed E-state index contributed by atoms with van der Waals surface area (Å²) in [5, 5.41) is 5.74. The molecule has 0 spiro atoms. The molecule has 0 aromatic heterocycles. The van der Waals surface area contributed by atoms with Crippen LogP contribution in [0.25, 0.3) is 0 Å². The van der Waals surface area contributed by atoms with E-state index in [0.717, 1.165) is 38.3 Å². The van der Waals surface area contributed by atoms with Gasteiger partial charge in [0.05, 0.1) is 37.2 Å². The van der Waals surface area contributed by atoms with Gasteiger partial charge in [-0.05, 0) is 63.9 Å². The lowest BCUT2D eigenvalue weighted by molar-refractivity contribution is 0.121. The minimum atomic E-state index is -0.428. The number of carbonyl (C=O) groups is 2. The summed E-state index contributed by atoms with van der Waals surface area (Å²) in [6, 6.07) is 5.79. The van der Waals surface area contributed by atoms with Gasteiger partial charge in [0.2, 0.25) is 0 Å². The van der Waals surface area contributed by atoms with Crippen LogP contribution in [0.5, 0.6) is 0 Å². The van der Waals surface area contributed by atoms with Gasteiger partial charge in [-0.1, -0.05) is 6.07 Å². The number of fused-ring (bicyclic) bond motifs is 1. The first-order valence-corrected chi connectivity index (χ1v) is 11.6. The van der Waals surface area contributed by atoms with Gasteiger partial charge in [0, 0.05) is 25.6 Å². The number of ether oxygens (including phenoxy) is 2. The monoisotopic (exact) mass is 445 g/mol. The average Bonchev–Trinajstić information content (AvgIpc) is 3.44. The minimum absolute atomic E-state index is 0.222. The Morgan fingerprint density at radius 3 is 2.66 bits per heavy atom. The lowest BCUT2D eigenvalue weighted by Crippen LogP contribution is -2.52. The van der Waals surface area contributed by atoms with Crippen LogP contribution >= 0.6 is 0 Å². The van der Waals surface area contributed by atoms with E-state index in [2.05, 4.69) is 21.8 Å². The van der Waals surface area contributed by atoms with Gasteiger partial charge in [0.15, 0.2) is 0 Å². The molecule has 0 aliphatic carbocycles. The molecular weight excluding hydrogens is 410 g/mol. The van der Waals surface area contributed by atoms with Gasteiger partial charge in [0.1, 0.15) is 0 Å². The van der Waals surface area contributed by atoms with Crippen molar-refractivity contribution in [3.63, 3.8) is 0 Å². The lowest BCUT2D eigenvalue weighted by Gasteiger charge is -2.40. The van der Waals surface area contributed by atoms with Crippen molar-refractivity contribution < 1.29 is 19.1 Å². The molecule has 4 rings (SSSR count). The van der Waals surface area contributed by atoms with Gasteiger partial charge in [-0.25, -0.2) is 14.6 Å². The maximum atomic E-state index is 12.9. The van der Waals surface area contributed by atoms with E-state index in [1.165, 1.54) is 13.5 Å². The predicted octanol–water partition coefficient (Wildman–Crippen LogP) is 2.53. The van der Waals surface area contributed by atoms with Gasteiger partial charge in [-0.3, -0.25) is 15.2 Å². The Labute approximate surface area is 190 Å². The Hall–Kier alpha value is -2.36. The molecule has 9 heteroatoms. The molecule has 2 fully saturated rings. The highest BCUT2D eigenvalue weighted by molar-refractivity contribution is 6.00. The number of anilines is 2. The van der Waals surface area contributed by atoms with Crippen molar-refractivity contribution in [2.75, 3.05) is 56.2 Å². The summed E-state index contributed by atoms with van der Waals surface area (Å²) >= 11 is 0. The molecule has 3 atom stereocenters. The van der Waals surface area contributed by atoms with Crippen molar-refractivity contribution in [3.8, 4) is 0 Å². The van der Waals surface area contributed by atoms with E-state index in [9.17, 15) is 9.59 Å². The van der Waals surface area contributed by atoms with Crippen molar-refractivity contribution in [1.29, 1.82) is 0 Å². The van der Waals surface area contributed by atoms with Crippen LogP contribution in [0.1, 0.15) is 38.7 Å². The normalized spacial score (nSPS) is 25.8. The van der Waals surface area contributed by atoms with E-state index in [1.807, 2.05) is 32.9 Å². The average molecular weight is 446 g/mol. The molecule has 0 saturated carbocycles. The van der Waals surface area contributed by atoms with Crippen LogP contribution in [0.3, 0.4) is 0 Å². The fourth-order valence-electron chi connectivity index (χ4n) is 4.89. The summed E-state index contributed by atoms with van der Waals surface area (Å²) in [7, 11) is 1.38. The summed E-state index contributed by atoms with van der Waals surface area (Å²) < 4.78 is 10.5. The van der Waals surface area contributed by atoms with E-state index in [1.54, 1.807) is 9.80 Å². The van der Waals surface area contributed by atoms with Gasteiger partial charge < -0.3 is 14.8 Å². The molecule has 9 nitrogen and oxygen atoms in total. The van der Waals surface area contributed by atoms with E-state index >= 15 is 0 Å². The molecule has 176 valence electrons. The molecule has 1 aromatic carbocycles. The molecule has 2 N–H and O–H groups in total. The highest BCUT2D eigenvalue weighted by Gasteiger charge is 2.37. The summed E-state index contributed by atoms with van der Waals surface area (Å²) in [4.78, 5) is 28.6. The van der Waals surface area contributed by atoms with E-state index in [4.69, 9.17) is 9.47 Å². The number of amides is 2. The Morgan fingerprint density at radius 2 is 1.97 bits per heavy atom. The Bertz CT molecular complexity index is 842. The van der Waals surface area contributed by atoms with E-state index in [0.29, 0.717) is 29.8 Å². The van der Waals surface area contributed by atoms with Gasteiger partial charge in [0.25, 0.3) is 0 Å². The van der Waals surface area contributed by atoms with Crippen LogP contribution in [0.15, 0.2) is 18.2 Å².